The number of ether oxygens (including phenoxy) is 3. The second-order valence-corrected chi connectivity index (χ2v) is 9.11. The van der Waals surface area contributed by atoms with E-state index in [2.05, 4.69) is 21.2 Å². The van der Waals surface area contributed by atoms with Crippen molar-refractivity contribution < 1.29 is 23.8 Å². The van der Waals surface area contributed by atoms with Crippen molar-refractivity contribution in [2.75, 3.05) is 26.1 Å². The molecule has 4 rings (SSSR count). The summed E-state index contributed by atoms with van der Waals surface area (Å²) in [6.45, 7) is 1.53. The van der Waals surface area contributed by atoms with Gasteiger partial charge in [0.05, 0.1) is 25.6 Å². The normalized spacial score (nSPS) is 10.8. The molecule has 9 heteroatoms. The molecule has 0 atom stereocenters. The van der Waals surface area contributed by atoms with Crippen LogP contribution in [0.3, 0.4) is 0 Å². The number of rotatable bonds is 9. The Morgan fingerprint density at radius 1 is 1.00 bits per heavy atom. The van der Waals surface area contributed by atoms with Crippen molar-refractivity contribution in [2.45, 2.75) is 6.92 Å². The first-order chi connectivity index (χ1) is 18.4. The molecule has 0 saturated carbocycles. The van der Waals surface area contributed by atoms with Gasteiger partial charge in [0.15, 0.2) is 18.1 Å². The predicted octanol–water partition coefficient (Wildman–Crippen LogP) is 5.82. The molecule has 1 heterocycles. The fourth-order valence-corrected chi connectivity index (χ4v) is 4.27. The summed E-state index contributed by atoms with van der Waals surface area (Å²) < 4.78 is 18.4. The van der Waals surface area contributed by atoms with Crippen molar-refractivity contribution in [3.8, 4) is 28.4 Å². The van der Waals surface area contributed by atoms with Gasteiger partial charge in [-0.05, 0) is 77.0 Å². The summed E-state index contributed by atoms with van der Waals surface area (Å²) in [5, 5.41) is 7.46. The number of nitrogens with zero attached hydrogens (tertiary/aromatic N) is 2. The third-order valence-electron chi connectivity index (χ3n) is 5.56. The maximum absolute atomic E-state index is 12.4. The van der Waals surface area contributed by atoms with Gasteiger partial charge in [-0.2, -0.15) is 5.10 Å². The molecule has 194 valence electrons. The van der Waals surface area contributed by atoms with E-state index in [0.29, 0.717) is 28.4 Å². The summed E-state index contributed by atoms with van der Waals surface area (Å²) in [6, 6.07) is 20.6. The molecule has 0 radical (unpaired) electrons. The summed E-state index contributed by atoms with van der Waals surface area (Å²) in [4.78, 5) is 24.7. The van der Waals surface area contributed by atoms with Crippen LogP contribution in [0.25, 0.3) is 23.0 Å². The van der Waals surface area contributed by atoms with Crippen LogP contribution in [0.4, 0.5) is 5.69 Å². The molecule has 0 fully saturated rings. The molecule has 1 N–H and O–H groups in total. The Bertz CT molecular complexity index is 1480. The number of hydrogen-bond acceptors (Lipinski definition) is 6. The van der Waals surface area contributed by atoms with E-state index >= 15 is 0 Å². The highest BCUT2D eigenvalue weighted by Crippen LogP contribution is 2.34. The van der Waals surface area contributed by atoms with Gasteiger partial charge in [-0.15, -0.1) is 0 Å². The Balaban J connectivity index is 1.52. The molecule has 0 aliphatic heterocycles. The zero-order valence-electron chi connectivity index (χ0n) is 21.1. The summed E-state index contributed by atoms with van der Waals surface area (Å²) in [6.07, 6.45) is 4.69. The average molecular weight is 576 g/mol. The van der Waals surface area contributed by atoms with Gasteiger partial charge < -0.3 is 19.5 Å². The van der Waals surface area contributed by atoms with E-state index in [1.807, 2.05) is 67.7 Å². The van der Waals surface area contributed by atoms with Crippen LogP contribution in [-0.4, -0.2) is 42.5 Å². The van der Waals surface area contributed by atoms with E-state index in [-0.39, 0.29) is 0 Å². The van der Waals surface area contributed by atoms with Crippen molar-refractivity contribution in [3.63, 3.8) is 0 Å². The standard InChI is InChI=1S/C29H26BrN3O5/c1-19-9-12-24(23(30)15-19)31-27(34)18-38-28(35)14-11-21-17-33(22-7-5-4-6-8-22)32-29(21)20-10-13-25(36-2)26(16-20)37-3/h4-17H,18H2,1-3H3,(H,31,34)/b14-11+. The van der Waals surface area contributed by atoms with Crippen molar-refractivity contribution in [3.05, 3.63) is 94.6 Å². The predicted molar refractivity (Wildman–Crippen MR) is 150 cm³/mol. The number of hydrogen-bond donors (Lipinski definition) is 1. The summed E-state index contributed by atoms with van der Waals surface area (Å²) in [7, 11) is 3.13. The van der Waals surface area contributed by atoms with Gasteiger partial charge in [0.25, 0.3) is 5.91 Å². The van der Waals surface area contributed by atoms with E-state index in [1.165, 1.54) is 6.08 Å². The second-order valence-electron chi connectivity index (χ2n) is 8.26. The monoisotopic (exact) mass is 575 g/mol. The summed E-state index contributed by atoms with van der Waals surface area (Å²) in [5.41, 5.74) is 4.57. The molecule has 1 amide bonds. The number of carbonyl (C=O) groups excluding carboxylic acids is 2. The highest BCUT2D eigenvalue weighted by molar-refractivity contribution is 9.10. The van der Waals surface area contributed by atoms with Gasteiger partial charge in [-0.25, -0.2) is 9.48 Å². The topological polar surface area (TPSA) is 91.7 Å². The molecular weight excluding hydrogens is 550 g/mol. The number of amides is 1. The van der Waals surface area contributed by atoms with Crippen LogP contribution in [0.1, 0.15) is 11.1 Å². The third-order valence-corrected chi connectivity index (χ3v) is 6.22. The van der Waals surface area contributed by atoms with Gasteiger partial charge in [0.1, 0.15) is 5.69 Å². The van der Waals surface area contributed by atoms with Crippen LogP contribution in [0.2, 0.25) is 0 Å². The number of halogens is 1. The minimum Gasteiger partial charge on any atom is -0.493 e. The van der Waals surface area contributed by atoms with Crippen LogP contribution in [0.15, 0.2) is 83.5 Å². The lowest BCUT2D eigenvalue weighted by Crippen LogP contribution is -2.20. The fraction of sp³-hybridized carbons (Fsp3) is 0.138. The minimum absolute atomic E-state index is 0.421. The number of anilines is 1. The number of esters is 1. The molecule has 0 unspecified atom stereocenters. The maximum Gasteiger partial charge on any atom is 0.331 e. The van der Waals surface area contributed by atoms with Gasteiger partial charge in [-0.3, -0.25) is 4.79 Å². The lowest BCUT2D eigenvalue weighted by Gasteiger charge is -2.09. The van der Waals surface area contributed by atoms with Gasteiger partial charge >= 0.3 is 5.97 Å². The van der Waals surface area contributed by atoms with E-state index in [1.54, 1.807) is 37.1 Å². The molecule has 0 aliphatic rings. The van der Waals surface area contributed by atoms with E-state index < -0.39 is 18.5 Å². The fourth-order valence-electron chi connectivity index (χ4n) is 3.68. The molecule has 3 aromatic carbocycles. The molecule has 38 heavy (non-hydrogen) atoms. The SMILES string of the molecule is COc1ccc(-c2nn(-c3ccccc3)cc2/C=C/C(=O)OCC(=O)Nc2ccc(C)cc2Br)cc1OC. The van der Waals surface area contributed by atoms with Crippen molar-refractivity contribution in [1.82, 2.24) is 9.78 Å². The lowest BCUT2D eigenvalue weighted by molar-refractivity contribution is -0.142. The van der Waals surface area contributed by atoms with Crippen LogP contribution in [0.5, 0.6) is 11.5 Å². The second kappa shape index (κ2) is 12.2. The number of benzene rings is 3. The zero-order valence-corrected chi connectivity index (χ0v) is 22.7. The van der Waals surface area contributed by atoms with Gasteiger partial charge in [-0.1, -0.05) is 24.3 Å². The van der Waals surface area contributed by atoms with E-state index in [0.717, 1.165) is 21.3 Å². The van der Waals surface area contributed by atoms with Crippen molar-refractivity contribution in [2.24, 2.45) is 0 Å². The molecule has 0 bridgehead atoms. The highest BCUT2D eigenvalue weighted by atomic mass is 79.9. The molecule has 0 aliphatic carbocycles. The molecule has 4 aromatic rings. The number of para-hydroxylation sites is 1. The van der Waals surface area contributed by atoms with E-state index in [9.17, 15) is 9.59 Å². The Labute approximate surface area is 229 Å². The minimum atomic E-state index is -0.658. The smallest absolute Gasteiger partial charge is 0.331 e. The summed E-state index contributed by atoms with van der Waals surface area (Å²) in [5.74, 6) is 0.0447. The number of aryl methyl sites for hydroxylation is 1. The molecule has 0 saturated heterocycles. The summed E-state index contributed by atoms with van der Waals surface area (Å²) >= 11 is 3.41. The number of carbonyl (C=O) groups is 2. The number of aromatic nitrogens is 2. The largest absolute Gasteiger partial charge is 0.493 e. The van der Waals surface area contributed by atoms with Crippen molar-refractivity contribution in [1.29, 1.82) is 0 Å². The molecule has 8 nitrogen and oxygen atoms in total. The Kier molecular flexibility index (Phi) is 8.60. The van der Waals surface area contributed by atoms with Gasteiger partial charge in [0.2, 0.25) is 0 Å². The maximum atomic E-state index is 12.4. The quantitative estimate of drug-likeness (QED) is 0.199. The Hall–Kier alpha value is -4.37. The first-order valence-electron chi connectivity index (χ1n) is 11.7. The first-order valence-corrected chi connectivity index (χ1v) is 12.5. The Morgan fingerprint density at radius 2 is 1.76 bits per heavy atom. The zero-order chi connectivity index (χ0) is 27.1. The number of nitrogens with one attached hydrogen (secondary N) is 1. The average Bonchev–Trinajstić information content (AvgIpc) is 3.36. The third kappa shape index (κ3) is 6.49. The Morgan fingerprint density at radius 3 is 2.47 bits per heavy atom. The van der Waals surface area contributed by atoms with Crippen LogP contribution < -0.4 is 14.8 Å². The first kappa shape index (κ1) is 26.7. The number of methoxy groups -OCH3 is 2. The van der Waals surface area contributed by atoms with Crippen molar-refractivity contribution >= 4 is 39.6 Å². The van der Waals surface area contributed by atoms with Crippen LogP contribution in [-0.2, 0) is 14.3 Å². The lowest BCUT2D eigenvalue weighted by atomic mass is 10.1. The van der Waals surface area contributed by atoms with E-state index in [4.69, 9.17) is 19.3 Å². The molecular formula is C29H26BrN3O5. The highest BCUT2D eigenvalue weighted by Gasteiger charge is 2.14. The van der Waals surface area contributed by atoms with Crippen LogP contribution >= 0.6 is 15.9 Å². The molecule has 1 aromatic heterocycles. The van der Waals surface area contributed by atoms with Gasteiger partial charge in [0, 0.05) is 27.9 Å². The van der Waals surface area contributed by atoms with Crippen LogP contribution in [0, 0.1) is 6.92 Å². The molecule has 0 spiro atoms.